The lowest BCUT2D eigenvalue weighted by molar-refractivity contribution is 0.0311. The van der Waals surface area contributed by atoms with E-state index in [1.54, 1.807) is 0 Å². The van der Waals surface area contributed by atoms with Gasteiger partial charge in [-0.2, -0.15) is 0 Å². The Labute approximate surface area is 137 Å². The van der Waals surface area contributed by atoms with Crippen LogP contribution in [0.3, 0.4) is 0 Å². The SMILES string of the molecule is CC(OP(=O)(OC(C)C(O)P(=O)(O)O)C1OC1C)C(O)P(=O)(O)O. The summed E-state index contributed by atoms with van der Waals surface area (Å²) in [5.74, 6) is -5.76. The van der Waals surface area contributed by atoms with Gasteiger partial charge in [-0.1, -0.05) is 0 Å². The van der Waals surface area contributed by atoms with Gasteiger partial charge >= 0.3 is 22.8 Å². The molecule has 0 aromatic carbocycles. The molecule has 1 aliphatic heterocycles. The fourth-order valence-corrected chi connectivity index (χ4v) is 5.48. The second-order valence-electron chi connectivity index (χ2n) is 5.40. The van der Waals surface area contributed by atoms with Gasteiger partial charge in [-0.3, -0.25) is 13.7 Å². The predicted molar refractivity (Wildman–Crippen MR) is 79.1 cm³/mol. The highest BCUT2D eigenvalue weighted by molar-refractivity contribution is 7.55. The molecule has 0 amide bonds. The second-order valence-corrected chi connectivity index (χ2v) is 10.8. The van der Waals surface area contributed by atoms with Crippen molar-refractivity contribution in [3.8, 4) is 0 Å². The molecule has 1 rings (SSSR count). The van der Waals surface area contributed by atoms with E-state index in [-0.39, 0.29) is 0 Å². The normalized spacial score (nSPS) is 29.4. The Balaban J connectivity index is 2.94. The number of ether oxygens (including phenoxy) is 1. The summed E-state index contributed by atoms with van der Waals surface area (Å²) in [6.07, 6.45) is -3.91. The van der Waals surface area contributed by atoms with Gasteiger partial charge in [0.05, 0.1) is 6.10 Å². The number of hydrogen-bond acceptors (Lipinski definition) is 8. The van der Waals surface area contributed by atoms with Gasteiger partial charge in [0.2, 0.25) is 0 Å². The van der Waals surface area contributed by atoms with Crippen molar-refractivity contribution >= 4 is 22.8 Å². The minimum atomic E-state index is -4.96. The van der Waals surface area contributed by atoms with Crippen molar-refractivity contribution < 1.29 is 57.3 Å². The van der Waals surface area contributed by atoms with E-state index in [1.165, 1.54) is 6.92 Å². The molecule has 6 unspecified atom stereocenters. The van der Waals surface area contributed by atoms with Crippen LogP contribution in [0, 0.1) is 0 Å². The minimum absolute atomic E-state index is 0.616. The Morgan fingerprint density at radius 2 is 1.17 bits per heavy atom. The van der Waals surface area contributed by atoms with Gasteiger partial charge in [-0.15, -0.1) is 0 Å². The van der Waals surface area contributed by atoms with Crippen LogP contribution >= 0.6 is 22.8 Å². The van der Waals surface area contributed by atoms with Crippen LogP contribution in [0.5, 0.6) is 0 Å². The van der Waals surface area contributed by atoms with E-state index in [0.717, 1.165) is 13.8 Å². The second kappa shape index (κ2) is 7.52. The summed E-state index contributed by atoms with van der Waals surface area (Å²) in [6.45, 7) is 3.53. The third-order valence-electron chi connectivity index (χ3n) is 3.15. The molecular weight excluding hydrogens is 393 g/mol. The van der Waals surface area contributed by atoms with E-state index in [4.69, 9.17) is 33.4 Å². The molecule has 0 aliphatic carbocycles. The molecule has 1 aliphatic rings. The zero-order valence-corrected chi connectivity index (χ0v) is 15.6. The molecule has 1 fully saturated rings. The molecule has 0 saturated carbocycles. The number of aliphatic hydroxyl groups excluding tert-OH is 2. The van der Waals surface area contributed by atoms with Gasteiger partial charge in [-0.05, 0) is 20.8 Å². The third-order valence-corrected chi connectivity index (χ3v) is 7.78. The van der Waals surface area contributed by atoms with Crippen LogP contribution in [0.1, 0.15) is 20.8 Å². The highest BCUT2D eigenvalue weighted by atomic mass is 31.2. The Hall–Kier alpha value is 0.330. The van der Waals surface area contributed by atoms with E-state index in [0.29, 0.717) is 0 Å². The summed E-state index contributed by atoms with van der Waals surface area (Å²) < 4.78 is 49.7. The molecule has 0 bridgehead atoms. The van der Waals surface area contributed by atoms with Crippen molar-refractivity contribution in [2.45, 2.75) is 56.6 Å². The van der Waals surface area contributed by atoms with Crippen molar-refractivity contribution in [2.75, 3.05) is 0 Å². The Morgan fingerprint density at radius 1 is 0.875 bits per heavy atom. The van der Waals surface area contributed by atoms with Crippen LogP contribution in [-0.2, 0) is 27.5 Å². The minimum Gasteiger partial charge on any atom is -0.378 e. The maximum absolute atomic E-state index is 12.8. The summed E-state index contributed by atoms with van der Waals surface area (Å²) in [6, 6.07) is 0. The monoisotopic (exact) mass is 414 g/mol. The van der Waals surface area contributed by atoms with E-state index in [1.807, 2.05) is 0 Å². The van der Waals surface area contributed by atoms with E-state index in [2.05, 4.69) is 0 Å². The molecule has 0 aromatic rings. The molecule has 0 radical (unpaired) electrons. The Bertz CT molecular complexity index is 542. The molecule has 0 spiro atoms. The van der Waals surface area contributed by atoms with Crippen LogP contribution in [0.25, 0.3) is 0 Å². The quantitative estimate of drug-likeness (QED) is 0.213. The average molecular weight is 414 g/mol. The summed E-state index contributed by atoms with van der Waals surface area (Å²) in [4.78, 5) is 35.7. The molecule has 1 saturated heterocycles. The number of aliphatic hydroxyl groups is 2. The van der Waals surface area contributed by atoms with Crippen molar-refractivity contribution in [1.82, 2.24) is 0 Å². The summed E-state index contributed by atoms with van der Waals surface area (Å²) in [7, 11) is -14.3. The summed E-state index contributed by atoms with van der Waals surface area (Å²) >= 11 is 0. The van der Waals surface area contributed by atoms with E-state index >= 15 is 0 Å². The smallest absolute Gasteiger partial charge is 0.362 e. The van der Waals surface area contributed by atoms with Crippen molar-refractivity contribution in [3.63, 3.8) is 0 Å². The van der Waals surface area contributed by atoms with Crippen LogP contribution in [0.2, 0.25) is 0 Å². The fourth-order valence-electron chi connectivity index (χ4n) is 1.77. The maximum Gasteiger partial charge on any atom is 0.362 e. The number of hydrogen-bond donors (Lipinski definition) is 6. The molecule has 6 atom stereocenters. The molecule has 1 heterocycles. The van der Waals surface area contributed by atoms with E-state index in [9.17, 15) is 23.9 Å². The Morgan fingerprint density at radius 3 is 1.38 bits per heavy atom. The number of rotatable bonds is 9. The lowest BCUT2D eigenvalue weighted by Crippen LogP contribution is -2.30. The average Bonchev–Trinajstić information content (AvgIpc) is 3.12. The molecular formula is C9H21O12P3. The lowest BCUT2D eigenvalue weighted by atomic mass is 10.4. The van der Waals surface area contributed by atoms with Gasteiger partial charge in [0.25, 0.3) is 0 Å². The van der Waals surface area contributed by atoms with Crippen LogP contribution in [0.15, 0.2) is 0 Å². The Kier molecular flexibility index (Phi) is 7.01. The standard InChI is InChI=1S/C9H21O12P3/c1-4(7(10)22(12,13)14)20-24(18,9-6(3)19-9)21-5(2)8(11)23(15,16)17/h4-11H,1-3H3,(H2,12,13,14)(H2,15,16,17). The molecule has 6 N–H and O–H groups in total. The summed E-state index contributed by atoms with van der Waals surface area (Å²) in [5.41, 5.74) is 0. The predicted octanol–water partition coefficient (Wildman–Crippen LogP) is -0.273. The first-order valence-corrected chi connectivity index (χ1v) is 11.7. The maximum atomic E-state index is 12.8. The first-order chi connectivity index (χ1) is 10.6. The molecule has 24 heavy (non-hydrogen) atoms. The highest BCUT2D eigenvalue weighted by Gasteiger charge is 2.56. The van der Waals surface area contributed by atoms with Crippen LogP contribution in [-0.4, -0.2) is 65.6 Å². The zero-order valence-electron chi connectivity index (χ0n) is 12.9. The van der Waals surface area contributed by atoms with Gasteiger partial charge in [0.1, 0.15) is 12.2 Å². The number of epoxide rings is 1. The highest BCUT2D eigenvalue weighted by Crippen LogP contribution is 2.64. The van der Waals surface area contributed by atoms with Crippen molar-refractivity contribution in [2.24, 2.45) is 0 Å². The van der Waals surface area contributed by atoms with Crippen LogP contribution in [0.4, 0.5) is 0 Å². The lowest BCUT2D eigenvalue weighted by Gasteiger charge is -2.28. The van der Waals surface area contributed by atoms with Gasteiger partial charge in [0.15, 0.2) is 17.5 Å². The molecule has 144 valence electrons. The van der Waals surface area contributed by atoms with Crippen molar-refractivity contribution in [1.29, 1.82) is 0 Å². The zero-order chi connectivity index (χ0) is 19.1. The van der Waals surface area contributed by atoms with Crippen LogP contribution < -0.4 is 0 Å². The summed E-state index contributed by atoms with van der Waals surface area (Å²) in [5, 5.41) is 19.0. The fraction of sp³-hybridized carbons (Fsp3) is 1.00. The molecule has 12 nitrogen and oxygen atoms in total. The first kappa shape index (κ1) is 22.4. The van der Waals surface area contributed by atoms with E-state index < -0.39 is 58.6 Å². The van der Waals surface area contributed by atoms with Gasteiger partial charge in [-0.25, -0.2) is 0 Å². The van der Waals surface area contributed by atoms with Gasteiger partial charge in [0, 0.05) is 0 Å². The molecule has 15 heteroatoms. The van der Waals surface area contributed by atoms with Gasteiger partial charge < -0.3 is 43.6 Å². The topological polar surface area (TPSA) is 204 Å². The van der Waals surface area contributed by atoms with Crippen molar-refractivity contribution in [3.05, 3.63) is 0 Å². The molecule has 0 aromatic heterocycles. The third kappa shape index (κ3) is 5.67. The largest absolute Gasteiger partial charge is 0.378 e. The first-order valence-electron chi connectivity index (χ1n) is 6.68.